The van der Waals surface area contributed by atoms with Crippen LogP contribution in [0.25, 0.3) is 0 Å². The quantitative estimate of drug-likeness (QED) is 0.751. The molecule has 7 nitrogen and oxygen atoms in total. The molecule has 0 radical (unpaired) electrons. The van der Waals surface area contributed by atoms with E-state index in [-0.39, 0.29) is 23.4 Å². The minimum absolute atomic E-state index is 0.0999. The second-order valence-corrected chi connectivity index (χ2v) is 7.73. The van der Waals surface area contributed by atoms with Gasteiger partial charge < -0.3 is 11.1 Å². The first-order valence-corrected chi connectivity index (χ1v) is 9.94. The molecule has 0 aliphatic rings. The molecule has 1 atom stereocenters. The number of rotatable bonds is 7. The van der Waals surface area contributed by atoms with E-state index in [9.17, 15) is 22.4 Å². The van der Waals surface area contributed by atoms with E-state index in [1.807, 2.05) is 0 Å². The predicted octanol–water partition coefficient (Wildman–Crippen LogP) is 2.11. The van der Waals surface area contributed by atoms with E-state index in [4.69, 9.17) is 5.73 Å². The van der Waals surface area contributed by atoms with Gasteiger partial charge in [0.15, 0.2) is 0 Å². The van der Waals surface area contributed by atoms with E-state index < -0.39 is 33.7 Å². The van der Waals surface area contributed by atoms with E-state index in [0.717, 1.165) is 16.6 Å². The highest BCUT2D eigenvalue weighted by molar-refractivity contribution is 7.92. The van der Waals surface area contributed by atoms with Crippen LogP contribution < -0.4 is 15.4 Å². The van der Waals surface area contributed by atoms with Crippen molar-refractivity contribution in [1.29, 1.82) is 0 Å². The number of hydrogen-bond donors (Lipinski definition) is 2. The van der Waals surface area contributed by atoms with Gasteiger partial charge in [0.1, 0.15) is 11.9 Å². The lowest BCUT2D eigenvalue weighted by atomic mass is 10.1. The fourth-order valence-corrected chi connectivity index (χ4v) is 3.85. The summed E-state index contributed by atoms with van der Waals surface area (Å²) in [6, 6.07) is 10.1. The van der Waals surface area contributed by atoms with Crippen molar-refractivity contribution in [3.63, 3.8) is 0 Å². The van der Waals surface area contributed by atoms with E-state index in [2.05, 4.69) is 5.32 Å². The summed E-state index contributed by atoms with van der Waals surface area (Å²) in [6.45, 7) is 1.61. The molecule has 0 aliphatic heterocycles. The number of halogens is 1. The second-order valence-electron chi connectivity index (χ2n) is 5.87. The number of anilines is 2. The highest BCUT2D eigenvalue weighted by Crippen LogP contribution is 2.26. The molecule has 2 amide bonds. The summed E-state index contributed by atoms with van der Waals surface area (Å²) in [5.74, 6) is -2.08. The van der Waals surface area contributed by atoms with Crippen LogP contribution in [0.5, 0.6) is 0 Å². The molecule has 3 N–H and O–H groups in total. The molecular weight excluding hydrogens is 373 g/mol. The third kappa shape index (κ3) is 4.82. The number of para-hydroxylation sites is 1. The zero-order valence-electron chi connectivity index (χ0n) is 14.8. The number of nitrogens with two attached hydrogens (primary N) is 1. The van der Waals surface area contributed by atoms with Crippen molar-refractivity contribution in [3.8, 4) is 0 Å². The van der Waals surface area contributed by atoms with Gasteiger partial charge in [-0.1, -0.05) is 25.1 Å². The Labute approximate surface area is 157 Å². The highest BCUT2D eigenvalue weighted by Gasteiger charge is 2.33. The summed E-state index contributed by atoms with van der Waals surface area (Å²) in [6.07, 6.45) is 1.01. The van der Waals surface area contributed by atoms with Crippen molar-refractivity contribution in [2.24, 2.45) is 5.73 Å². The first-order chi connectivity index (χ1) is 12.6. The van der Waals surface area contributed by atoms with Crippen LogP contribution in [0.4, 0.5) is 15.8 Å². The van der Waals surface area contributed by atoms with Gasteiger partial charge in [0.05, 0.1) is 11.9 Å². The van der Waals surface area contributed by atoms with Gasteiger partial charge in [0, 0.05) is 11.3 Å². The minimum Gasteiger partial charge on any atom is -0.366 e. The van der Waals surface area contributed by atoms with Gasteiger partial charge in [-0.25, -0.2) is 12.8 Å². The lowest BCUT2D eigenvalue weighted by molar-refractivity contribution is -0.117. The Morgan fingerprint density at radius 3 is 2.41 bits per heavy atom. The summed E-state index contributed by atoms with van der Waals surface area (Å²) in [7, 11) is -3.95. The number of hydrogen-bond acceptors (Lipinski definition) is 4. The van der Waals surface area contributed by atoms with Crippen molar-refractivity contribution in [1.82, 2.24) is 0 Å². The number of nitrogens with one attached hydrogen (secondary N) is 1. The third-order valence-electron chi connectivity index (χ3n) is 3.83. The van der Waals surface area contributed by atoms with Crippen LogP contribution in [0.1, 0.15) is 23.7 Å². The van der Waals surface area contributed by atoms with Crippen LogP contribution in [-0.2, 0) is 14.8 Å². The van der Waals surface area contributed by atoms with Gasteiger partial charge in [0.2, 0.25) is 21.8 Å². The highest BCUT2D eigenvalue weighted by atomic mass is 32.2. The topological polar surface area (TPSA) is 110 Å². The lowest BCUT2D eigenvalue weighted by Gasteiger charge is -2.30. The minimum atomic E-state index is -3.95. The molecule has 0 bridgehead atoms. The van der Waals surface area contributed by atoms with Gasteiger partial charge in [-0.05, 0) is 36.8 Å². The van der Waals surface area contributed by atoms with Crippen LogP contribution in [-0.4, -0.2) is 32.5 Å². The Hall–Kier alpha value is -2.94. The molecule has 144 valence electrons. The maximum Gasteiger partial charge on any atom is 0.248 e. The molecule has 2 aromatic carbocycles. The van der Waals surface area contributed by atoms with E-state index >= 15 is 0 Å². The molecule has 2 rings (SSSR count). The maximum atomic E-state index is 14.2. The number of primary amides is 1. The summed E-state index contributed by atoms with van der Waals surface area (Å²) in [5.41, 5.74) is 5.47. The van der Waals surface area contributed by atoms with Crippen LogP contribution in [0.3, 0.4) is 0 Å². The smallest absolute Gasteiger partial charge is 0.248 e. The van der Waals surface area contributed by atoms with Crippen LogP contribution in [0.2, 0.25) is 0 Å². The van der Waals surface area contributed by atoms with Crippen molar-refractivity contribution in [3.05, 3.63) is 59.9 Å². The SMILES string of the molecule is CCC(C(=O)Nc1cccc(C(N)=O)c1)N(c1ccccc1F)S(C)(=O)=O. The number of carbonyl (C=O) groups is 2. The molecule has 0 saturated heterocycles. The van der Waals surface area contributed by atoms with Crippen LogP contribution in [0.15, 0.2) is 48.5 Å². The fraction of sp³-hybridized carbons (Fsp3) is 0.222. The number of nitrogens with zero attached hydrogens (tertiary/aromatic N) is 1. The number of carbonyl (C=O) groups excluding carboxylic acids is 2. The van der Waals surface area contributed by atoms with Crippen LogP contribution in [0, 0.1) is 5.82 Å². The molecule has 0 spiro atoms. The number of benzene rings is 2. The van der Waals surface area contributed by atoms with Gasteiger partial charge in [-0.3, -0.25) is 13.9 Å². The monoisotopic (exact) mass is 393 g/mol. The number of amides is 2. The van der Waals surface area contributed by atoms with E-state index in [1.165, 1.54) is 42.5 Å². The predicted molar refractivity (Wildman–Crippen MR) is 101 cm³/mol. The molecule has 0 fully saturated rings. The Balaban J connectivity index is 2.40. The molecule has 27 heavy (non-hydrogen) atoms. The summed E-state index contributed by atoms with van der Waals surface area (Å²) < 4.78 is 39.6. The zero-order chi connectivity index (χ0) is 20.2. The average molecular weight is 393 g/mol. The fourth-order valence-electron chi connectivity index (χ4n) is 2.64. The Morgan fingerprint density at radius 2 is 1.85 bits per heavy atom. The first-order valence-electron chi connectivity index (χ1n) is 8.09. The maximum absolute atomic E-state index is 14.2. The van der Waals surface area contributed by atoms with E-state index in [1.54, 1.807) is 6.92 Å². The van der Waals surface area contributed by atoms with Gasteiger partial charge in [-0.15, -0.1) is 0 Å². The van der Waals surface area contributed by atoms with Gasteiger partial charge >= 0.3 is 0 Å². The van der Waals surface area contributed by atoms with E-state index in [0.29, 0.717) is 0 Å². The lowest BCUT2D eigenvalue weighted by Crippen LogP contribution is -2.47. The standard InChI is InChI=1S/C18H20FN3O4S/c1-3-15(18(24)21-13-8-6-7-12(11-13)17(20)23)22(27(2,25)26)16-10-5-4-9-14(16)19/h4-11,15H,3H2,1-2H3,(H2,20,23)(H,21,24). The largest absolute Gasteiger partial charge is 0.366 e. The molecule has 0 aromatic heterocycles. The Morgan fingerprint density at radius 1 is 1.19 bits per heavy atom. The normalized spacial score (nSPS) is 12.3. The summed E-state index contributed by atoms with van der Waals surface area (Å²) in [5, 5.41) is 2.55. The molecule has 0 aliphatic carbocycles. The van der Waals surface area contributed by atoms with Crippen molar-refractivity contribution in [2.75, 3.05) is 15.9 Å². The summed E-state index contributed by atoms with van der Waals surface area (Å²) in [4.78, 5) is 24.0. The molecule has 1 unspecified atom stereocenters. The molecule has 0 heterocycles. The molecule has 0 saturated carbocycles. The number of sulfonamides is 1. The van der Waals surface area contributed by atoms with Gasteiger partial charge in [0.25, 0.3) is 0 Å². The van der Waals surface area contributed by atoms with Crippen molar-refractivity contribution in [2.45, 2.75) is 19.4 Å². The zero-order valence-corrected chi connectivity index (χ0v) is 15.7. The summed E-state index contributed by atoms with van der Waals surface area (Å²) >= 11 is 0. The first kappa shape index (κ1) is 20.4. The molecular formula is C18H20FN3O4S. The average Bonchev–Trinajstić information content (AvgIpc) is 2.59. The van der Waals surface area contributed by atoms with Crippen LogP contribution >= 0.6 is 0 Å². The third-order valence-corrected chi connectivity index (χ3v) is 5.00. The second kappa shape index (κ2) is 8.17. The Bertz CT molecular complexity index is 963. The van der Waals surface area contributed by atoms with Gasteiger partial charge in [-0.2, -0.15) is 0 Å². The molecule has 2 aromatic rings. The molecule has 9 heteroatoms. The van der Waals surface area contributed by atoms with Crippen molar-refractivity contribution < 1.29 is 22.4 Å². The van der Waals surface area contributed by atoms with Crippen molar-refractivity contribution >= 4 is 33.2 Å². The Kier molecular flexibility index (Phi) is 6.17.